The molecular weight excluding hydrogens is 198 g/mol. The summed E-state index contributed by atoms with van der Waals surface area (Å²) in [4.78, 5) is 0. The third-order valence-corrected chi connectivity index (χ3v) is 4.72. The molecule has 0 heterocycles. The molecule has 4 unspecified atom stereocenters. The van der Waals surface area contributed by atoms with E-state index in [9.17, 15) is 5.11 Å². The smallest absolute Gasteiger partial charge is 0.0766 e. The Morgan fingerprint density at radius 3 is 2.44 bits per heavy atom. The fraction of sp³-hybridized carbons (Fsp3) is 1.00. The lowest BCUT2D eigenvalue weighted by Gasteiger charge is -2.31. The molecule has 4 atom stereocenters. The summed E-state index contributed by atoms with van der Waals surface area (Å²) in [7, 11) is 0. The molecule has 1 saturated carbocycles. The molecule has 2 heteroatoms. The Balaban J connectivity index is 2.39. The summed E-state index contributed by atoms with van der Waals surface area (Å²) in [6, 6.07) is 0.607. The minimum absolute atomic E-state index is 0.304. The van der Waals surface area contributed by atoms with Gasteiger partial charge in [-0.15, -0.1) is 0 Å². The monoisotopic (exact) mass is 227 g/mol. The van der Waals surface area contributed by atoms with E-state index in [1.165, 1.54) is 19.3 Å². The zero-order valence-corrected chi connectivity index (χ0v) is 11.6. The van der Waals surface area contributed by atoms with Crippen LogP contribution >= 0.6 is 0 Å². The summed E-state index contributed by atoms with van der Waals surface area (Å²) in [6.45, 7) is 11.4. The second-order valence-electron chi connectivity index (χ2n) is 6.10. The van der Waals surface area contributed by atoms with Crippen molar-refractivity contribution < 1.29 is 5.11 Å². The lowest BCUT2D eigenvalue weighted by atomic mass is 9.90. The molecule has 0 saturated heterocycles. The van der Waals surface area contributed by atoms with Gasteiger partial charge in [-0.3, -0.25) is 0 Å². The molecular formula is C14H29NO. The van der Waals surface area contributed by atoms with Crippen molar-refractivity contribution in [2.45, 2.75) is 65.5 Å². The maximum absolute atomic E-state index is 10.2. The Kier molecular flexibility index (Phi) is 4.81. The van der Waals surface area contributed by atoms with Gasteiger partial charge in [0.15, 0.2) is 0 Å². The molecule has 0 spiro atoms. The highest BCUT2D eigenvalue weighted by Gasteiger charge is 2.33. The average molecular weight is 227 g/mol. The molecule has 2 N–H and O–H groups in total. The molecule has 1 fully saturated rings. The van der Waals surface area contributed by atoms with Crippen molar-refractivity contribution in [3.05, 3.63) is 0 Å². The molecule has 0 aliphatic heterocycles. The maximum Gasteiger partial charge on any atom is 0.0766 e. The first kappa shape index (κ1) is 14.0. The molecule has 1 rings (SSSR count). The minimum Gasteiger partial charge on any atom is -0.389 e. The summed E-state index contributed by atoms with van der Waals surface area (Å²) in [5, 5.41) is 13.8. The van der Waals surface area contributed by atoms with E-state index < -0.39 is 5.60 Å². The van der Waals surface area contributed by atoms with E-state index in [1.807, 2.05) is 6.92 Å². The summed E-state index contributed by atoms with van der Waals surface area (Å²) < 4.78 is 0. The van der Waals surface area contributed by atoms with E-state index in [2.05, 4.69) is 33.0 Å². The number of rotatable bonds is 5. The molecule has 16 heavy (non-hydrogen) atoms. The van der Waals surface area contributed by atoms with E-state index in [0.717, 1.165) is 18.4 Å². The number of aliphatic hydroxyl groups is 1. The number of hydrogen-bond acceptors (Lipinski definition) is 2. The van der Waals surface area contributed by atoms with Gasteiger partial charge in [0.1, 0.15) is 0 Å². The van der Waals surface area contributed by atoms with Gasteiger partial charge in [-0.2, -0.15) is 0 Å². The molecule has 0 bridgehead atoms. The van der Waals surface area contributed by atoms with Crippen LogP contribution in [-0.4, -0.2) is 23.3 Å². The van der Waals surface area contributed by atoms with Gasteiger partial charge in [-0.25, -0.2) is 0 Å². The predicted molar refractivity (Wildman–Crippen MR) is 69.4 cm³/mol. The van der Waals surface area contributed by atoms with Crippen molar-refractivity contribution in [3.63, 3.8) is 0 Å². The van der Waals surface area contributed by atoms with Crippen LogP contribution in [0.5, 0.6) is 0 Å². The molecule has 0 amide bonds. The van der Waals surface area contributed by atoms with Gasteiger partial charge in [0, 0.05) is 12.6 Å². The van der Waals surface area contributed by atoms with Crippen LogP contribution in [0.2, 0.25) is 0 Å². The van der Waals surface area contributed by atoms with E-state index in [-0.39, 0.29) is 0 Å². The van der Waals surface area contributed by atoms with Gasteiger partial charge in [0.05, 0.1) is 5.60 Å². The van der Waals surface area contributed by atoms with E-state index in [1.54, 1.807) is 0 Å². The molecule has 0 aromatic carbocycles. The average Bonchev–Trinajstić information content (AvgIpc) is 2.56. The fourth-order valence-corrected chi connectivity index (χ4v) is 2.65. The van der Waals surface area contributed by atoms with Gasteiger partial charge in [0.25, 0.3) is 0 Å². The van der Waals surface area contributed by atoms with Crippen LogP contribution in [0.3, 0.4) is 0 Å². The predicted octanol–water partition coefficient (Wildman–Crippen LogP) is 2.81. The third kappa shape index (κ3) is 3.21. The molecule has 0 aromatic heterocycles. The summed E-state index contributed by atoms with van der Waals surface area (Å²) in [6.07, 6.45) is 3.91. The van der Waals surface area contributed by atoms with Crippen LogP contribution in [0, 0.1) is 17.8 Å². The highest BCUT2D eigenvalue weighted by Crippen LogP contribution is 2.34. The van der Waals surface area contributed by atoms with Gasteiger partial charge >= 0.3 is 0 Å². The molecule has 96 valence electrons. The molecule has 0 aromatic rings. The van der Waals surface area contributed by atoms with E-state index in [4.69, 9.17) is 0 Å². The summed E-state index contributed by atoms with van der Waals surface area (Å²) in [5.41, 5.74) is -0.579. The standard InChI is InChI=1S/C14H29NO/c1-6-12-7-8-13(11(12)4)15-9-14(5,16)10(2)3/h10-13,15-16H,6-9H2,1-5H3. The van der Waals surface area contributed by atoms with Crippen LogP contribution in [-0.2, 0) is 0 Å². The first-order valence-corrected chi connectivity index (χ1v) is 6.84. The first-order valence-electron chi connectivity index (χ1n) is 6.84. The van der Waals surface area contributed by atoms with Crippen LogP contribution < -0.4 is 5.32 Å². The lowest BCUT2D eigenvalue weighted by molar-refractivity contribution is 0.0106. The third-order valence-electron chi connectivity index (χ3n) is 4.72. The van der Waals surface area contributed by atoms with Gasteiger partial charge in [0.2, 0.25) is 0 Å². The van der Waals surface area contributed by atoms with Gasteiger partial charge in [-0.1, -0.05) is 34.1 Å². The van der Waals surface area contributed by atoms with Crippen LogP contribution in [0.4, 0.5) is 0 Å². The van der Waals surface area contributed by atoms with Crippen molar-refractivity contribution in [2.24, 2.45) is 17.8 Å². The number of nitrogens with one attached hydrogen (secondary N) is 1. The van der Waals surface area contributed by atoms with Crippen molar-refractivity contribution in [1.29, 1.82) is 0 Å². The van der Waals surface area contributed by atoms with E-state index in [0.29, 0.717) is 12.0 Å². The highest BCUT2D eigenvalue weighted by atomic mass is 16.3. The molecule has 1 aliphatic rings. The zero-order chi connectivity index (χ0) is 12.3. The summed E-state index contributed by atoms with van der Waals surface area (Å²) >= 11 is 0. The summed E-state index contributed by atoms with van der Waals surface area (Å²) in [5.74, 6) is 1.94. The van der Waals surface area contributed by atoms with Crippen molar-refractivity contribution in [1.82, 2.24) is 5.32 Å². The van der Waals surface area contributed by atoms with Crippen LogP contribution in [0.25, 0.3) is 0 Å². The molecule has 0 radical (unpaired) electrons. The SMILES string of the molecule is CCC1CCC(NCC(C)(O)C(C)C)C1C. The molecule has 1 aliphatic carbocycles. The number of hydrogen-bond donors (Lipinski definition) is 2. The van der Waals surface area contributed by atoms with Crippen LogP contribution in [0.1, 0.15) is 53.9 Å². The largest absolute Gasteiger partial charge is 0.389 e. The highest BCUT2D eigenvalue weighted by molar-refractivity contribution is 4.89. The molecule has 2 nitrogen and oxygen atoms in total. The Morgan fingerprint density at radius 2 is 2.00 bits per heavy atom. The Labute approximate surface area is 101 Å². The maximum atomic E-state index is 10.2. The normalized spacial score (nSPS) is 34.3. The quantitative estimate of drug-likeness (QED) is 0.757. The first-order chi connectivity index (χ1) is 7.38. The lowest BCUT2D eigenvalue weighted by Crippen LogP contribution is -2.46. The minimum atomic E-state index is -0.579. The van der Waals surface area contributed by atoms with Crippen molar-refractivity contribution in [2.75, 3.05) is 6.54 Å². The Morgan fingerprint density at radius 1 is 1.38 bits per heavy atom. The zero-order valence-electron chi connectivity index (χ0n) is 11.6. The Hall–Kier alpha value is -0.0800. The van der Waals surface area contributed by atoms with Gasteiger partial charge < -0.3 is 10.4 Å². The fourth-order valence-electron chi connectivity index (χ4n) is 2.65. The topological polar surface area (TPSA) is 32.3 Å². The Bertz CT molecular complexity index is 213. The van der Waals surface area contributed by atoms with Crippen molar-refractivity contribution >= 4 is 0 Å². The van der Waals surface area contributed by atoms with Gasteiger partial charge in [-0.05, 0) is 37.5 Å². The van der Waals surface area contributed by atoms with Crippen molar-refractivity contribution in [3.8, 4) is 0 Å². The van der Waals surface area contributed by atoms with Crippen LogP contribution in [0.15, 0.2) is 0 Å². The second kappa shape index (κ2) is 5.50. The van der Waals surface area contributed by atoms with E-state index >= 15 is 0 Å². The second-order valence-corrected chi connectivity index (χ2v) is 6.10.